The molecule has 0 aliphatic heterocycles. The van der Waals surface area contributed by atoms with E-state index in [9.17, 15) is 9.59 Å². The SMILES string of the molecule is CC1CC(Cl)=CC=C1C(=O)SCC(=O)C(C)(C)C. The number of allylic oxidation sites excluding steroid dienone is 3. The Hall–Kier alpha value is -0.540. The molecule has 0 spiro atoms. The van der Waals surface area contributed by atoms with E-state index >= 15 is 0 Å². The Labute approximate surface area is 118 Å². The Morgan fingerprint density at radius 1 is 1.39 bits per heavy atom. The second kappa shape index (κ2) is 6.07. The van der Waals surface area contributed by atoms with Crippen molar-refractivity contribution in [2.75, 3.05) is 5.75 Å². The van der Waals surface area contributed by atoms with Gasteiger partial charge < -0.3 is 0 Å². The van der Waals surface area contributed by atoms with Gasteiger partial charge in [0.25, 0.3) is 0 Å². The molecule has 1 rings (SSSR count). The summed E-state index contributed by atoms with van der Waals surface area (Å²) >= 11 is 7.01. The molecule has 0 aromatic carbocycles. The van der Waals surface area contributed by atoms with Crippen molar-refractivity contribution in [2.45, 2.75) is 34.1 Å². The number of carbonyl (C=O) groups excluding carboxylic acids is 2. The lowest BCUT2D eigenvalue weighted by Crippen LogP contribution is -2.23. The highest BCUT2D eigenvalue weighted by atomic mass is 35.5. The van der Waals surface area contributed by atoms with Crippen molar-refractivity contribution in [3.63, 3.8) is 0 Å². The summed E-state index contributed by atoms with van der Waals surface area (Å²) in [6.45, 7) is 7.58. The van der Waals surface area contributed by atoms with Crippen LogP contribution in [-0.4, -0.2) is 16.7 Å². The van der Waals surface area contributed by atoms with E-state index in [-0.39, 0.29) is 28.0 Å². The second-order valence-corrected chi connectivity index (χ2v) is 7.02. The third-order valence-corrected chi connectivity index (χ3v) is 4.07. The zero-order valence-electron chi connectivity index (χ0n) is 11.2. The van der Waals surface area contributed by atoms with Gasteiger partial charge in [-0.3, -0.25) is 9.59 Å². The summed E-state index contributed by atoms with van der Waals surface area (Å²) in [5, 5.41) is 0.760. The van der Waals surface area contributed by atoms with Crippen LogP contribution in [0.1, 0.15) is 34.1 Å². The first-order valence-corrected chi connectivity index (χ1v) is 7.35. The fraction of sp³-hybridized carbons (Fsp3) is 0.571. The molecule has 0 saturated carbocycles. The normalized spacial score (nSPS) is 20.2. The van der Waals surface area contributed by atoms with Gasteiger partial charge in [0, 0.05) is 16.0 Å². The van der Waals surface area contributed by atoms with Crippen molar-refractivity contribution in [3.8, 4) is 0 Å². The molecule has 0 N–H and O–H groups in total. The first kappa shape index (κ1) is 15.5. The molecule has 4 heteroatoms. The van der Waals surface area contributed by atoms with Crippen LogP contribution in [-0.2, 0) is 9.59 Å². The maximum atomic E-state index is 12.0. The Bertz CT molecular complexity index is 416. The van der Waals surface area contributed by atoms with Gasteiger partial charge in [-0.15, -0.1) is 0 Å². The van der Waals surface area contributed by atoms with Crippen LogP contribution in [0.15, 0.2) is 22.8 Å². The largest absolute Gasteiger partial charge is 0.298 e. The molecule has 0 aromatic heterocycles. The van der Waals surface area contributed by atoms with E-state index < -0.39 is 0 Å². The molecular weight excluding hydrogens is 268 g/mol. The lowest BCUT2D eigenvalue weighted by Gasteiger charge is -2.19. The molecule has 18 heavy (non-hydrogen) atoms. The first-order valence-electron chi connectivity index (χ1n) is 5.98. The predicted molar refractivity (Wildman–Crippen MR) is 77.7 cm³/mol. The fourth-order valence-corrected chi connectivity index (χ4v) is 2.94. The monoisotopic (exact) mass is 286 g/mol. The molecule has 1 atom stereocenters. The molecule has 0 bridgehead atoms. The van der Waals surface area contributed by atoms with Crippen LogP contribution in [0.4, 0.5) is 0 Å². The highest BCUT2D eigenvalue weighted by Gasteiger charge is 2.25. The molecule has 0 radical (unpaired) electrons. The summed E-state index contributed by atoms with van der Waals surface area (Å²) in [6, 6.07) is 0. The zero-order chi connectivity index (χ0) is 13.9. The maximum absolute atomic E-state index is 12.0. The minimum absolute atomic E-state index is 0.0134. The number of thioether (sulfide) groups is 1. The van der Waals surface area contributed by atoms with Crippen LogP contribution in [0.5, 0.6) is 0 Å². The van der Waals surface area contributed by atoms with E-state index in [2.05, 4.69) is 0 Å². The van der Waals surface area contributed by atoms with Gasteiger partial charge in [-0.25, -0.2) is 0 Å². The van der Waals surface area contributed by atoms with Crippen molar-refractivity contribution in [2.24, 2.45) is 11.3 Å². The zero-order valence-corrected chi connectivity index (χ0v) is 12.8. The van der Waals surface area contributed by atoms with E-state index in [1.807, 2.05) is 27.7 Å². The Morgan fingerprint density at radius 3 is 2.50 bits per heavy atom. The standard InChI is InChI=1S/C14H19ClO2S/c1-9-7-10(15)5-6-11(9)13(17)18-8-12(16)14(2,3)4/h5-6,9H,7-8H2,1-4H3. The third-order valence-electron chi connectivity index (χ3n) is 2.88. The van der Waals surface area contributed by atoms with Gasteiger partial charge in [0.2, 0.25) is 5.12 Å². The van der Waals surface area contributed by atoms with E-state index in [1.54, 1.807) is 12.2 Å². The molecule has 0 fully saturated rings. The minimum atomic E-state index is -0.386. The second-order valence-electron chi connectivity index (χ2n) is 5.59. The quantitative estimate of drug-likeness (QED) is 0.788. The molecule has 0 saturated heterocycles. The fourth-order valence-electron chi connectivity index (χ4n) is 1.52. The number of hydrogen-bond donors (Lipinski definition) is 0. The van der Waals surface area contributed by atoms with Crippen molar-refractivity contribution in [1.82, 2.24) is 0 Å². The summed E-state index contributed by atoms with van der Waals surface area (Å²) < 4.78 is 0. The number of halogens is 1. The van der Waals surface area contributed by atoms with Crippen molar-refractivity contribution < 1.29 is 9.59 Å². The van der Waals surface area contributed by atoms with Gasteiger partial charge >= 0.3 is 0 Å². The molecule has 1 aliphatic carbocycles. The van der Waals surface area contributed by atoms with Gasteiger partial charge in [0.05, 0.1) is 5.75 Å². The Balaban J connectivity index is 2.60. The van der Waals surface area contributed by atoms with Crippen molar-refractivity contribution >= 4 is 34.3 Å². The van der Waals surface area contributed by atoms with Crippen LogP contribution in [0, 0.1) is 11.3 Å². The van der Waals surface area contributed by atoms with Gasteiger partial charge in [-0.1, -0.05) is 57.1 Å². The van der Waals surface area contributed by atoms with E-state index in [1.165, 1.54) is 0 Å². The predicted octanol–water partition coefficient (Wildman–Crippen LogP) is 3.95. The van der Waals surface area contributed by atoms with Crippen LogP contribution in [0.25, 0.3) is 0 Å². The van der Waals surface area contributed by atoms with Crippen molar-refractivity contribution in [1.29, 1.82) is 0 Å². The lowest BCUT2D eigenvalue weighted by molar-refractivity contribution is -0.123. The average molecular weight is 287 g/mol. The molecule has 1 aliphatic rings. The van der Waals surface area contributed by atoms with Crippen LogP contribution < -0.4 is 0 Å². The summed E-state index contributed by atoms with van der Waals surface area (Å²) in [5.74, 6) is 0.467. The molecule has 100 valence electrons. The first-order chi connectivity index (χ1) is 8.21. The number of ketones is 1. The minimum Gasteiger partial charge on any atom is -0.298 e. The van der Waals surface area contributed by atoms with Crippen LogP contribution >= 0.6 is 23.4 Å². The third kappa shape index (κ3) is 4.29. The van der Waals surface area contributed by atoms with E-state index in [0.29, 0.717) is 6.42 Å². The molecule has 0 amide bonds. The number of Topliss-reactive ketones (excluding diaryl/α,β-unsaturated/α-hetero) is 1. The molecular formula is C14H19ClO2S. The lowest BCUT2D eigenvalue weighted by atomic mass is 9.92. The highest BCUT2D eigenvalue weighted by molar-refractivity contribution is 8.14. The Morgan fingerprint density at radius 2 is 2.00 bits per heavy atom. The summed E-state index contributed by atoms with van der Waals surface area (Å²) in [7, 11) is 0. The molecule has 1 unspecified atom stereocenters. The van der Waals surface area contributed by atoms with Gasteiger partial charge in [-0.2, -0.15) is 0 Å². The van der Waals surface area contributed by atoms with E-state index in [0.717, 1.165) is 22.4 Å². The maximum Gasteiger partial charge on any atom is 0.216 e. The molecule has 0 aromatic rings. The number of hydrogen-bond acceptors (Lipinski definition) is 3. The summed E-state index contributed by atoms with van der Waals surface area (Å²) in [5.41, 5.74) is 0.370. The summed E-state index contributed by atoms with van der Waals surface area (Å²) in [4.78, 5) is 23.8. The average Bonchev–Trinajstić information content (AvgIpc) is 2.24. The molecule has 2 nitrogen and oxygen atoms in total. The summed E-state index contributed by atoms with van der Waals surface area (Å²) in [6.07, 6.45) is 4.24. The smallest absolute Gasteiger partial charge is 0.216 e. The van der Waals surface area contributed by atoms with E-state index in [4.69, 9.17) is 11.6 Å². The van der Waals surface area contributed by atoms with Crippen molar-refractivity contribution in [3.05, 3.63) is 22.8 Å². The topological polar surface area (TPSA) is 34.1 Å². The number of rotatable bonds is 3. The van der Waals surface area contributed by atoms with Gasteiger partial charge in [0.1, 0.15) is 5.78 Å². The highest BCUT2D eigenvalue weighted by Crippen LogP contribution is 2.30. The Kier molecular flexibility index (Phi) is 5.23. The van der Waals surface area contributed by atoms with Gasteiger partial charge in [-0.05, 0) is 18.4 Å². The van der Waals surface area contributed by atoms with Crippen LogP contribution in [0.3, 0.4) is 0 Å². The van der Waals surface area contributed by atoms with Crippen LogP contribution in [0.2, 0.25) is 0 Å². The van der Waals surface area contributed by atoms with Gasteiger partial charge in [0.15, 0.2) is 0 Å². The number of carbonyl (C=O) groups is 2. The molecule has 0 heterocycles.